The van der Waals surface area contributed by atoms with E-state index in [1.54, 1.807) is 0 Å². The van der Waals surface area contributed by atoms with Crippen LogP contribution in [0.2, 0.25) is 0 Å². The lowest BCUT2D eigenvalue weighted by Gasteiger charge is -2.14. The second-order valence-corrected chi connectivity index (χ2v) is 24.9. The van der Waals surface area contributed by atoms with Crippen molar-refractivity contribution in [2.45, 2.75) is 0 Å². The Kier molecular flexibility index (Phi) is 16.3. The van der Waals surface area contributed by atoms with E-state index < -0.39 is 0 Å². The van der Waals surface area contributed by atoms with Crippen LogP contribution in [0.5, 0.6) is 0 Å². The van der Waals surface area contributed by atoms with E-state index in [0.717, 1.165) is 111 Å². The molecule has 6 nitrogen and oxygen atoms in total. The van der Waals surface area contributed by atoms with Crippen LogP contribution in [0.4, 0.5) is 0 Å². The van der Waals surface area contributed by atoms with Gasteiger partial charge >= 0.3 is 0 Å². The second kappa shape index (κ2) is 27.0. The Morgan fingerprint density at radius 2 is 0.500 bits per heavy atom. The van der Waals surface area contributed by atoms with Gasteiger partial charge in [-0.2, -0.15) is 0 Å². The highest BCUT2D eigenvalue weighted by atomic mass is 14.9. The monoisotopic (exact) mass is 1270 g/mol. The highest BCUT2D eigenvalue weighted by molar-refractivity contribution is 6.07. The first-order valence-electron chi connectivity index (χ1n) is 33.7. The SMILES string of the molecule is c1ccc(-c2cc(-c3ccccc3)nc(-c3ccc(-c4ccc(-c5ccc(-c6cccc7cccnc67)cc5)c5ccccc45)cc3)n2)cc1.c1ccc(-c2cc(-c3ccccc3)nc(-c3ccc(-c4ccc(-c5ccc(-c6cnc7ccccc7c6)cc5)c5ccccc45)cc3)n2)cc1. The van der Waals surface area contributed by atoms with Crippen LogP contribution in [0.3, 0.4) is 0 Å². The molecule has 18 rings (SSSR count). The Bertz CT molecular complexity index is 5840. The third-order valence-corrected chi connectivity index (χ3v) is 18.7. The summed E-state index contributed by atoms with van der Waals surface area (Å²) < 4.78 is 0. The Balaban J connectivity index is 0.000000150. The first kappa shape index (κ1) is 60.3. The molecule has 0 aliphatic carbocycles. The van der Waals surface area contributed by atoms with Gasteiger partial charge in [0.15, 0.2) is 11.6 Å². The average Bonchev–Trinajstić information content (AvgIpc) is 0.786. The van der Waals surface area contributed by atoms with Crippen LogP contribution in [-0.2, 0) is 0 Å². The van der Waals surface area contributed by atoms with Gasteiger partial charge in [-0.1, -0.05) is 334 Å². The van der Waals surface area contributed by atoms with Crippen molar-refractivity contribution in [3.63, 3.8) is 0 Å². The first-order valence-corrected chi connectivity index (χ1v) is 33.7. The maximum atomic E-state index is 5.02. The summed E-state index contributed by atoms with van der Waals surface area (Å²) in [6.07, 6.45) is 3.82. The molecule has 6 heteroatoms. The van der Waals surface area contributed by atoms with Crippen LogP contribution in [0, 0.1) is 0 Å². The van der Waals surface area contributed by atoms with E-state index in [-0.39, 0.29) is 0 Å². The van der Waals surface area contributed by atoms with E-state index in [0.29, 0.717) is 11.6 Å². The minimum absolute atomic E-state index is 0.708. The lowest BCUT2D eigenvalue weighted by Crippen LogP contribution is -1.96. The smallest absolute Gasteiger partial charge is 0.160 e. The number of rotatable bonds is 12. The molecule has 14 aromatic carbocycles. The van der Waals surface area contributed by atoms with E-state index in [4.69, 9.17) is 19.9 Å². The summed E-state index contributed by atoms with van der Waals surface area (Å²) in [6.45, 7) is 0. The van der Waals surface area contributed by atoms with Gasteiger partial charge in [0.1, 0.15) is 0 Å². The van der Waals surface area contributed by atoms with Crippen molar-refractivity contribution in [1.29, 1.82) is 0 Å². The zero-order valence-corrected chi connectivity index (χ0v) is 54.5. The lowest BCUT2D eigenvalue weighted by molar-refractivity contribution is 1.18. The van der Waals surface area contributed by atoms with Gasteiger partial charge in [-0.3, -0.25) is 9.97 Å². The Morgan fingerprint density at radius 1 is 0.180 bits per heavy atom. The van der Waals surface area contributed by atoms with E-state index in [1.165, 1.54) is 54.9 Å². The third-order valence-electron chi connectivity index (χ3n) is 18.7. The van der Waals surface area contributed by atoms with E-state index in [9.17, 15) is 0 Å². The Morgan fingerprint density at radius 3 is 0.900 bits per heavy atom. The van der Waals surface area contributed by atoms with Crippen molar-refractivity contribution < 1.29 is 0 Å². The van der Waals surface area contributed by atoms with Crippen molar-refractivity contribution in [3.05, 3.63) is 376 Å². The van der Waals surface area contributed by atoms with Gasteiger partial charge in [0, 0.05) is 67.7 Å². The first-order chi connectivity index (χ1) is 49.5. The number of hydrogen-bond acceptors (Lipinski definition) is 6. The maximum Gasteiger partial charge on any atom is 0.160 e. The molecule has 0 N–H and O–H groups in total. The minimum Gasteiger partial charge on any atom is -0.256 e. The number of fused-ring (bicyclic) bond motifs is 4. The number of hydrogen-bond donors (Lipinski definition) is 0. The van der Waals surface area contributed by atoms with Gasteiger partial charge in [0.25, 0.3) is 0 Å². The highest BCUT2D eigenvalue weighted by Gasteiger charge is 2.17. The zero-order chi connectivity index (χ0) is 66.6. The number of aromatic nitrogens is 6. The van der Waals surface area contributed by atoms with Crippen LogP contribution < -0.4 is 0 Å². The summed E-state index contributed by atoms with van der Waals surface area (Å²) in [5.74, 6) is 1.42. The molecule has 0 fully saturated rings. The van der Waals surface area contributed by atoms with Crippen LogP contribution in [-0.4, -0.2) is 29.9 Å². The van der Waals surface area contributed by atoms with Gasteiger partial charge in [0.2, 0.25) is 0 Å². The predicted octanol–water partition coefficient (Wildman–Crippen LogP) is 24.4. The molecule has 0 spiro atoms. The van der Waals surface area contributed by atoms with Gasteiger partial charge in [-0.15, -0.1) is 0 Å². The zero-order valence-electron chi connectivity index (χ0n) is 54.5. The summed E-state index contributed by atoms with van der Waals surface area (Å²) in [5, 5.41) is 7.17. The standard InChI is InChI=1S/2C47H31N3/c1-3-11-35(12-4-1)45-30-46(36-13-5-2-6-14-36)50-47(49-45)37-25-23-34(24-26-37)41-28-27-40(42-16-8-9-17-43(41)42)33-21-19-32(20-22-33)39-29-38-15-7-10-18-44(38)48-31-39;1-3-11-35(12-4-1)44-31-45(36-13-5-2-6-14-36)50-47(49-44)38-26-24-33(25-27-38)40-29-28-39(42-17-7-8-18-43(40)42)32-20-22-34(23-21-32)41-19-9-15-37-16-10-30-48-46(37)41/h2*1-31H. The van der Waals surface area contributed by atoms with Gasteiger partial charge in [0.05, 0.1) is 33.8 Å². The fourth-order valence-electron chi connectivity index (χ4n) is 13.6. The third kappa shape index (κ3) is 12.3. The van der Waals surface area contributed by atoms with Crippen LogP contribution in [0.25, 0.3) is 178 Å². The molecule has 18 aromatic rings. The van der Waals surface area contributed by atoms with E-state index >= 15 is 0 Å². The molecular weight excluding hydrogens is 1210 g/mol. The number of pyridine rings is 2. The minimum atomic E-state index is 0.708. The average molecular weight is 1280 g/mol. The molecule has 0 radical (unpaired) electrons. The summed E-state index contributed by atoms with van der Waals surface area (Å²) in [5.41, 5.74) is 25.9. The van der Waals surface area contributed by atoms with E-state index in [2.05, 4.69) is 283 Å². The van der Waals surface area contributed by atoms with Crippen molar-refractivity contribution >= 4 is 43.4 Å². The fourth-order valence-corrected chi connectivity index (χ4v) is 13.6. The molecule has 0 saturated heterocycles. The number of nitrogens with zero attached hydrogens (tertiary/aromatic N) is 6. The quantitative estimate of drug-likeness (QED) is 0.121. The van der Waals surface area contributed by atoms with Crippen molar-refractivity contribution in [3.8, 4) is 135 Å². The maximum absolute atomic E-state index is 5.02. The largest absolute Gasteiger partial charge is 0.256 e. The molecule has 0 aliphatic heterocycles. The fraction of sp³-hybridized carbons (Fsp3) is 0. The molecule has 4 heterocycles. The van der Waals surface area contributed by atoms with Crippen LogP contribution in [0.1, 0.15) is 0 Å². The molecular formula is C94H62N6. The van der Waals surface area contributed by atoms with Crippen LogP contribution >= 0.6 is 0 Å². The molecule has 100 heavy (non-hydrogen) atoms. The van der Waals surface area contributed by atoms with E-state index in [1.807, 2.05) is 103 Å². The molecule has 0 saturated carbocycles. The summed E-state index contributed by atoms with van der Waals surface area (Å²) >= 11 is 0. The summed E-state index contributed by atoms with van der Waals surface area (Å²) in [4.78, 5) is 29.4. The molecule has 0 amide bonds. The van der Waals surface area contributed by atoms with Gasteiger partial charge in [-0.25, -0.2) is 19.9 Å². The Labute approximate surface area is 580 Å². The molecule has 4 aromatic heterocycles. The predicted molar refractivity (Wildman–Crippen MR) is 415 cm³/mol. The molecule has 468 valence electrons. The van der Waals surface area contributed by atoms with Crippen molar-refractivity contribution in [2.24, 2.45) is 0 Å². The van der Waals surface area contributed by atoms with Crippen LogP contribution in [0.15, 0.2) is 376 Å². The molecule has 0 aliphatic rings. The van der Waals surface area contributed by atoms with Crippen molar-refractivity contribution in [1.82, 2.24) is 29.9 Å². The topological polar surface area (TPSA) is 77.3 Å². The van der Waals surface area contributed by atoms with Gasteiger partial charge in [-0.05, 0) is 108 Å². The highest BCUT2D eigenvalue weighted by Crippen LogP contribution is 2.41. The molecule has 0 atom stereocenters. The number of benzene rings is 14. The molecule has 0 unspecified atom stereocenters. The summed E-state index contributed by atoms with van der Waals surface area (Å²) in [6, 6.07) is 128. The summed E-state index contributed by atoms with van der Waals surface area (Å²) in [7, 11) is 0. The van der Waals surface area contributed by atoms with Gasteiger partial charge < -0.3 is 0 Å². The lowest BCUT2D eigenvalue weighted by atomic mass is 9.91. The Hall–Kier alpha value is -13.4. The second-order valence-electron chi connectivity index (χ2n) is 24.9. The molecule has 0 bridgehead atoms. The number of para-hydroxylation sites is 2. The van der Waals surface area contributed by atoms with Crippen molar-refractivity contribution in [2.75, 3.05) is 0 Å². The normalized spacial score (nSPS) is 11.2.